The van der Waals surface area contributed by atoms with Crippen LogP contribution in [0.5, 0.6) is 0 Å². The van der Waals surface area contributed by atoms with Crippen LogP contribution in [0.1, 0.15) is 49.2 Å². The maximum absolute atomic E-state index is 12.9. The van der Waals surface area contributed by atoms with E-state index < -0.39 is 11.1 Å². The highest BCUT2D eigenvalue weighted by atomic mass is 16.2. The number of aromatic nitrogens is 2. The van der Waals surface area contributed by atoms with E-state index >= 15 is 0 Å². The summed E-state index contributed by atoms with van der Waals surface area (Å²) < 4.78 is 1.40. The lowest BCUT2D eigenvalue weighted by atomic mass is 9.96. The lowest BCUT2D eigenvalue weighted by Gasteiger charge is -2.21. The fourth-order valence-electron chi connectivity index (χ4n) is 3.41. The number of benzene rings is 2. The van der Waals surface area contributed by atoms with Gasteiger partial charge in [0.1, 0.15) is 0 Å². The van der Waals surface area contributed by atoms with E-state index in [2.05, 4.69) is 24.1 Å². The lowest BCUT2D eigenvalue weighted by Crippen LogP contribution is -2.36. The number of fused-ring (bicyclic) bond motifs is 1. The van der Waals surface area contributed by atoms with Crippen molar-refractivity contribution in [2.45, 2.75) is 39.8 Å². The van der Waals surface area contributed by atoms with E-state index in [1.165, 1.54) is 4.57 Å². The molecule has 6 heteroatoms. The number of aryl methyl sites for hydroxylation is 1. The standard InChI is InChI=1S/C22H25N3O3/c1-4-25-19-11-10-16(13-18(19)24-21(27)22(25)28)20(26)23-17(12-14(2)3)15-8-6-5-7-9-15/h5-11,13-14,17H,4,12H2,1-3H3,(H,23,26)(H,24,27). The number of carbonyl (C=O) groups excluding carboxylic acids is 1. The Hall–Kier alpha value is -3.15. The summed E-state index contributed by atoms with van der Waals surface area (Å²) in [5.74, 6) is 0.198. The summed E-state index contributed by atoms with van der Waals surface area (Å²) in [4.78, 5) is 39.3. The van der Waals surface area contributed by atoms with Crippen LogP contribution >= 0.6 is 0 Å². The molecule has 28 heavy (non-hydrogen) atoms. The Labute approximate surface area is 163 Å². The van der Waals surface area contributed by atoms with Gasteiger partial charge in [0.2, 0.25) is 0 Å². The summed E-state index contributed by atoms with van der Waals surface area (Å²) in [6.45, 7) is 6.42. The molecule has 0 spiro atoms. The van der Waals surface area contributed by atoms with E-state index in [4.69, 9.17) is 0 Å². The Kier molecular flexibility index (Phi) is 5.78. The zero-order valence-corrected chi connectivity index (χ0v) is 16.4. The van der Waals surface area contributed by atoms with Crippen LogP contribution in [0.25, 0.3) is 11.0 Å². The van der Waals surface area contributed by atoms with Gasteiger partial charge in [-0.05, 0) is 43.0 Å². The van der Waals surface area contributed by atoms with Crippen molar-refractivity contribution in [3.63, 3.8) is 0 Å². The van der Waals surface area contributed by atoms with Gasteiger partial charge in [0.15, 0.2) is 0 Å². The molecule has 6 nitrogen and oxygen atoms in total. The summed E-state index contributed by atoms with van der Waals surface area (Å²) >= 11 is 0. The van der Waals surface area contributed by atoms with Gasteiger partial charge in [-0.1, -0.05) is 44.2 Å². The highest BCUT2D eigenvalue weighted by molar-refractivity contribution is 5.97. The first-order valence-corrected chi connectivity index (χ1v) is 9.53. The van der Waals surface area contributed by atoms with E-state index in [0.29, 0.717) is 29.1 Å². The minimum absolute atomic E-state index is 0.104. The van der Waals surface area contributed by atoms with Gasteiger partial charge in [-0.2, -0.15) is 0 Å². The minimum atomic E-state index is -0.686. The topological polar surface area (TPSA) is 84.0 Å². The summed E-state index contributed by atoms with van der Waals surface area (Å²) in [6, 6.07) is 14.8. The number of carbonyl (C=O) groups is 1. The maximum Gasteiger partial charge on any atom is 0.316 e. The summed E-state index contributed by atoms with van der Waals surface area (Å²) in [5.41, 5.74) is 1.29. The molecular weight excluding hydrogens is 354 g/mol. The fraction of sp³-hybridized carbons (Fsp3) is 0.318. The number of nitrogens with one attached hydrogen (secondary N) is 2. The van der Waals surface area contributed by atoms with Gasteiger partial charge in [0.25, 0.3) is 5.91 Å². The number of H-pyrrole nitrogens is 1. The number of nitrogens with zero attached hydrogens (tertiary/aromatic N) is 1. The highest BCUT2D eigenvalue weighted by Gasteiger charge is 2.18. The third-order valence-electron chi connectivity index (χ3n) is 4.77. The van der Waals surface area contributed by atoms with Crippen LogP contribution in [0.2, 0.25) is 0 Å². The average Bonchev–Trinajstić information content (AvgIpc) is 2.68. The zero-order valence-electron chi connectivity index (χ0n) is 16.4. The predicted molar refractivity (Wildman–Crippen MR) is 111 cm³/mol. The third-order valence-corrected chi connectivity index (χ3v) is 4.77. The molecule has 0 aliphatic carbocycles. The van der Waals surface area contributed by atoms with Crippen molar-refractivity contribution in [1.82, 2.24) is 14.9 Å². The van der Waals surface area contributed by atoms with Crippen LogP contribution in [0.4, 0.5) is 0 Å². The summed E-state index contributed by atoms with van der Waals surface area (Å²) in [7, 11) is 0. The molecule has 0 saturated carbocycles. The van der Waals surface area contributed by atoms with Crippen LogP contribution in [0.3, 0.4) is 0 Å². The quantitative estimate of drug-likeness (QED) is 0.645. The lowest BCUT2D eigenvalue weighted by molar-refractivity contribution is 0.0932. The van der Waals surface area contributed by atoms with E-state index in [-0.39, 0.29) is 11.9 Å². The van der Waals surface area contributed by atoms with Crippen LogP contribution in [-0.4, -0.2) is 15.5 Å². The normalized spacial score (nSPS) is 12.3. The number of rotatable bonds is 6. The summed E-state index contributed by atoms with van der Waals surface area (Å²) in [5, 5.41) is 3.10. The van der Waals surface area contributed by atoms with Crippen molar-refractivity contribution in [2.75, 3.05) is 0 Å². The van der Waals surface area contributed by atoms with Crippen molar-refractivity contribution >= 4 is 16.9 Å². The van der Waals surface area contributed by atoms with Gasteiger partial charge in [-0.15, -0.1) is 0 Å². The van der Waals surface area contributed by atoms with Gasteiger partial charge in [-0.3, -0.25) is 14.4 Å². The van der Waals surface area contributed by atoms with Crippen molar-refractivity contribution in [2.24, 2.45) is 5.92 Å². The zero-order chi connectivity index (χ0) is 20.3. The molecule has 1 amide bonds. The van der Waals surface area contributed by atoms with Gasteiger partial charge >= 0.3 is 11.1 Å². The Morgan fingerprint density at radius 3 is 2.46 bits per heavy atom. The molecule has 0 fully saturated rings. The summed E-state index contributed by atoms with van der Waals surface area (Å²) in [6.07, 6.45) is 0.815. The Bertz CT molecular complexity index is 1100. The number of hydrogen-bond donors (Lipinski definition) is 2. The highest BCUT2D eigenvalue weighted by Crippen LogP contribution is 2.22. The molecule has 2 N–H and O–H groups in total. The SMILES string of the molecule is CCn1c(=O)c(=O)[nH]c2cc(C(=O)NC(CC(C)C)c3ccccc3)ccc21. The largest absolute Gasteiger partial charge is 0.345 e. The van der Waals surface area contributed by atoms with E-state index in [1.54, 1.807) is 25.1 Å². The molecule has 0 aliphatic rings. The molecule has 0 bridgehead atoms. The van der Waals surface area contributed by atoms with Crippen molar-refractivity contribution < 1.29 is 4.79 Å². The van der Waals surface area contributed by atoms with Crippen LogP contribution in [0.15, 0.2) is 58.1 Å². The molecule has 146 valence electrons. The second-order valence-electron chi connectivity index (χ2n) is 7.30. The Morgan fingerprint density at radius 2 is 1.82 bits per heavy atom. The van der Waals surface area contributed by atoms with E-state index in [1.807, 2.05) is 30.3 Å². The molecule has 2 aromatic carbocycles. The smallest absolute Gasteiger partial charge is 0.316 e. The number of hydrogen-bond acceptors (Lipinski definition) is 3. The molecule has 1 aromatic heterocycles. The monoisotopic (exact) mass is 379 g/mol. The number of amides is 1. The van der Waals surface area contributed by atoms with Crippen molar-refractivity contribution in [3.05, 3.63) is 80.4 Å². The molecule has 1 unspecified atom stereocenters. The number of aromatic amines is 1. The molecular formula is C22H25N3O3. The third kappa shape index (κ3) is 4.06. The van der Waals surface area contributed by atoms with Crippen molar-refractivity contribution in [3.8, 4) is 0 Å². The van der Waals surface area contributed by atoms with Crippen LogP contribution < -0.4 is 16.4 Å². The molecule has 1 atom stereocenters. The first-order chi connectivity index (χ1) is 13.4. The van der Waals surface area contributed by atoms with Crippen molar-refractivity contribution in [1.29, 1.82) is 0 Å². The molecule has 3 aromatic rings. The van der Waals surface area contributed by atoms with Gasteiger partial charge in [0.05, 0.1) is 17.1 Å². The van der Waals surface area contributed by atoms with Gasteiger partial charge in [-0.25, -0.2) is 0 Å². The fourth-order valence-corrected chi connectivity index (χ4v) is 3.41. The second kappa shape index (κ2) is 8.25. The average molecular weight is 379 g/mol. The van der Waals surface area contributed by atoms with Gasteiger partial charge < -0.3 is 14.9 Å². The predicted octanol–water partition coefficient (Wildman–Crippen LogP) is 3.23. The van der Waals surface area contributed by atoms with Gasteiger partial charge in [0, 0.05) is 12.1 Å². The molecule has 1 heterocycles. The Morgan fingerprint density at radius 1 is 1.11 bits per heavy atom. The van der Waals surface area contributed by atoms with E-state index in [0.717, 1.165) is 12.0 Å². The maximum atomic E-state index is 12.9. The Balaban J connectivity index is 1.95. The second-order valence-corrected chi connectivity index (χ2v) is 7.30. The minimum Gasteiger partial charge on any atom is -0.345 e. The first kappa shape index (κ1) is 19.6. The van der Waals surface area contributed by atoms with Crippen LogP contribution in [-0.2, 0) is 6.54 Å². The molecule has 0 aliphatic heterocycles. The van der Waals surface area contributed by atoms with Crippen LogP contribution in [0, 0.1) is 5.92 Å². The molecule has 3 rings (SSSR count). The molecule has 0 saturated heterocycles. The first-order valence-electron chi connectivity index (χ1n) is 9.53. The molecule has 0 radical (unpaired) electrons. The van der Waals surface area contributed by atoms with E-state index in [9.17, 15) is 14.4 Å².